The second kappa shape index (κ2) is 6.74. The average Bonchev–Trinajstić information content (AvgIpc) is 3.04. The van der Waals surface area contributed by atoms with Crippen LogP contribution in [0.3, 0.4) is 0 Å². The monoisotopic (exact) mass is 348 g/mol. The molecule has 1 aromatic carbocycles. The number of piperidine rings is 1. The quantitative estimate of drug-likeness (QED) is 0.894. The Morgan fingerprint density at radius 2 is 1.88 bits per heavy atom. The van der Waals surface area contributed by atoms with E-state index in [1.807, 2.05) is 30.3 Å². The number of hydrogen-bond acceptors (Lipinski definition) is 4. The van der Waals surface area contributed by atoms with Crippen LogP contribution in [0.2, 0.25) is 0 Å². The Labute approximate surface area is 141 Å². The first-order valence-corrected chi connectivity index (χ1v) is 9.68. The van der Waals surface area contributed by atoms with Gasteiger partial charge in [-0.05, 0) is 25.0 Å². The van der Waals surface area contributed by atoms with Crippen molar-refractivity contribution in [3.05, 3.63) is 48.3 Å². The van der Waals surface area contributed by atoms with E-state index in [0.717, 1.165) is 11.9 Å². The van der Waals surface area contributed by atoms with E-state index >= 15 is 0 Å². The highest BCUT2D eigenvalue weighted by atomic mass is 32.2. The van der Waals surface area contributed by atoms with E-state index in [0.29, 0.717) is 31.5 Å². The molecule has 2 heterocycles. The number of aromatic nitrogens is 2. The van der Waals surface area contributed by atoms with Gasteiger partial charge in [0.2, 0.25) is 10.0 Å². The predicted octanol–water partition coefficient (Wildman–Crippen LogP) is 1.03. The summed E-state index contributed by atoms with van der Waals surface area (Å²) < 4.78 is 26.8. The fraction of sp³-hybridized carbons (Fsp3) is 0.375. The van der Waals surface area contributed by atoms with Gasteiger partial charge >= 0.3 is 0 Å². The van der Waals surface area contributed by atoms with Gasteiger partial charge in [-0.15, -0.1) is 0 Å². The maximum absolute atomic E-state index is 12.6. The Bertz CT molecular complexity index is 809. The molecule has 0 atom stereocenters. The van der Waals surface area contributed by atoms with Crippen LogP contribution in [0.25, 0.3) is 5.69 Å². The summed E-state index contributed by atoms with van der Waals surface area (Å²) in [7, 11) is -3.21. The number of nitrogens with zero attached hydrogens (tertiary/aromatic N) is 3. The lowest BCUT2D eigenvalue weighted by Crippen LogP contribution is -2.46. The Hall–Kier alpha value is -2.19. The van der Waals surface area contributed by atoms with Gasteiger partial charge in [-0.1, -0.05) is 18.2 Å². The van der Waals surface area contributed by atoms with Crippen molar-refractivity contribution in [2.24, 2.45) is 0 Å². The maximum Gasteiger partial charge on any atom is 0.257 e. The molecule has 1 aromatic heterocycles. The first-order valence-electron chi connectivity index (χ1n) is 7.79. The van der Waals surface area contributed by atoms with E-state index in [4.69, 9.17) is 0 Å². The molecule has 0 aliphatic carbocycles. The molecule has 0 unspecified atom stereocenters. The number of sulfonamides is 1. The number of amides is 1. The zero-order valence-electron chi connectivity index (χ0n) is 13.4. The van der Waals surface area contributed by atoms with Gasteiger partial charge in [-0.2, -0.15) is 5.10 Å². The molecular formula is C16H20N4O3S. The molecule has 128 valence electrons. The number of carbonyl (C=O) groups excluding carboxylic acids is 1. The molecule has 7 nitrogen and oxygen atoms in total. The second-order valence-electron chi connectivity index (χ2n) is 5.97. The molecule has 3 rings (SSSR count). The topological polar surface area (TPSA) is 84.3 Å². The fourth-order valence-corrected chi connectivity index (χ4v) is 3.68. The summed E-state index contributed by atoms with van der Waals surface area (Å²) >= 11 is 0. The van der Waals surface area contributed by atoms with Gasteiger partial charge in [0, 0.05) is 25.3 Å². The van der Waals surface area contributed by atoms with Crippen molar-refractivity contribution in [1.29, 1.82) is 0 Å². The van der Waals surface area contributed by atoms with Gasteiger partial charge in [0.15, 0.2) is 0 Å². The number of nitrogens with one attached hydrogen (secondary N) is 1. The third kappa shape index (κ3) is 4.01. The van der Waals surface area contributed by atoms with Gasteiger partial charge in [-0.3, -0.25) is 4.79 Å². The number of benzene rings is 1. The van der Waals surface area contributed by atoms with E-state index in [1.165, 1.54) is 0 Å². The van der Waals surface area contributed by atoms with E-state index in [9.17, 15) is 13.2 Å². The smallest absolute Gasteiger partial charge is 0.257 e. The van der Waals surface area contributed by atoms with Gasteiger partial charge < -0.3 is 4.90 Å². The van der Waals surface area contributed by atoms with Crippen molar-refractivity contribution < 1.29 is 13.2 Å². The van der Waals surface area contributed by atoms with Gasteiger partial charge in [0.25, 0.3) is 5.91 Å². The standard InChI is InChI=1S/C16H20N4O3S/c1-24(22,23)18-14-7-9-19(10-8-14)16(21)13-11-17-20(12-13)15-5-3-2-4-6-15/h2-6,11-12,14,18H,7-10H2,1H3. The van der Waals surface area contributed by atoms with Crippen LogP contribution in [0, 0.1) is 0 Å². The number of likely N-dealkylation sites (tertiary alicyclic amines) is 1. The van der Waals surface area contributed by atoms with E-state index in [1.54, 1.807) is 22.0 Å². The summed E-state index contributed by atoms with van der Waals surface area (Å²) in [6, 6.07) is 9.49. The lowest BCUT2D eigenvalue weighted by Gasteiger charge is -2.31. The highest BCUT2D eigenvalue weighted by Gasteiger charge is 2.25. The van der Waals surface area contributed by atoms with Crippen molar-refractivity contribution in [2.75, 3.05) is 19.3 Å². The van der Waals surface area contributed by atoms with Crippen LogP contribution < -0.4 is 4.72 Å². The Morgan fingerprint density at radius 1 is 1.21 bits per heavy atom. The molecule has 0 radical (unpaired) electrons. The highest BCUT2D eigenvalue weighted by Crippen LogP contribution is 2.15. The summed E-state index contributed by atoms with van der Waals surface area (Å²) in [5, 5.41) is 4.24. The zero-order chi connectivity index (χ0) is 17.2. The van der Waals surface area contributed by atoms with Crippen LogP contribution >= 0.6 is 0 Å². The molecule has 1 aliphatic heterocycles. The Morgan fingerprint density at radius 3 is 2.50 bits per heavy atom. The summed E-state index contributed by atoms with van der Waals surface area (Å²) in [5.41, 5.74) is 1.43. The number of hydrogen-bond donors (Lipinski definition) is 1. The SMILES string of the molecule is CS(=O)(=O)NC1CCN(C(=O)c2cnn(-c3ccccc3)c2)CC1. The molecule has 2 aromatic rings. The van der Waals surface area contributed by atoms with Crippen LogP contribution in [0.5, 0.6) is 0 Å². The number of rotatable bonds is 4. The van der Waals surface area contributed by atoms with E-state index in [-0.39, 0.29) is 11.9 Å². The summed E-state index contributed by atoms with van der Waals surface area (Å²) in [6.07, 6.45) is 5.68. The predicted molar refractivity (Wildman–Crippen MR) is 90.5 cm³/mol. The normalized spacial score (nSPS) is 16.3. The third-order valence-corrected chi connectivity index (χ3v) is 4.77. The Balaban J connectivity index is 1.63. The number of para-hydroxylation sites is 1. The van der Waals surface area contributed by atoms with Crippen LogP contribution in [0.4, 0.5) is 0 Å². The fourth-order valence-electron chi connectivity index (χ4n) is 2.84. The molecule has 0 saturated carbocycles. The summed E-state index contributed by atoms with van der Waals surface area (Å²) in [4.78, 5) is 14.3. The van der Waals surface area contributed by atoms with Crippen LogP contribution in [0.15, 0.2) is 42.7 Å². The molecular weight excluding hydrogens is 328 g/mol. The maximum atomic E-state index is 12.6. The highest BCUT2D eigenvalue weighted by molar-refractivity contribution is 7.88. The lowest BCUT2D eigenvalue weighted by atomic mass is 10.1. The third-order valence-electron chi connectivity index (χ3n) is 4.01. The molecule has 0 bridgehead atoms. The van der Waals surface area contributed by atoms with Crippen molar-refractivity contribution >= 4 is 15.9 Å². The van der Waals surface area contributed by atoms with Crippen molar-refractivity contribution in [1.82, 2.24) is 19.4 Å². The van der Waals surface area contributed by atoms with Gasteiger partial charge in [0.1, 0.15) is 0 Å². The largest absolute Gasteiger partial charge is 0.338 e. The molecule has 8 heteroatoms. The lowest BCUT2D eigenvalue weighted by molar-refractivity contribution is 0.0711. The minimum Gasteiger partial charge on any atom is -0.338 e. The summed E-state index contributed by atoms with van der Waals surface area (Å²) in [5.74, 6) is -0.0741. The van der Waals surface area contributed by atoms with Crippen molar-refractivity contribution in [3.8, 4) is 5.69 Å². The number of carbonyl (C=O) groups is 1. The molecule has 1 fully saturated rings. The molecule has 1 aliphatic rings. The van der Waals surface area contributed by atoms with Gasteiger partial charge in [0.05, 0.1) is 23.7 Å². The molecule has 1 saturated heterocycles. The Kier molecular flexibility index (Phi) is 4.68. The molecule has 1 amide bonds. The van der Waals surface area contributed by atoms with E-state index < -0.39 is 10.0 Å². The van der Waals surface area contributed by atoms with Crippen molar-refractivity contribution in [3.63, 3.8) is 0 Å². The second-order valence-corrected chi connectivity index (χ2v) is 7.75. The van der Waals surface area contributed by atoms with E-state index in [2.05, 4.69) is 9.82 Å². The van der Waals surface area contributed by atoms with Crippen LogP contribution in [-0.4, -0.2) is 54.4 Å². The molecule has 1 N–H and O–H groups in total. The molecule has 24 heavy (non-hydrogen) atoms. The minimum absolute atomic E-state index is 0.0741. The van der Waals surface area contributed by atoms with Gasteiger partial charge in [-0.25, -0.2) is 17.8 Å². The summed E-state index contributed by atoms with van der Waals surface area (Å²) in [6.45, 7) is 1.06. The van der Waals surface area contributed by atoms with Crippen molar-refractivity contribution in [2.45, 2.75) is 18.9 Å². The molecule has 0 spiro atoms. The first-order chi connectivity index (χ1) is 11.4. The first kappa shape index (κ1) is 16.7. The zero-order valence-corrected chi connectivity index (χ0v) is 14.2. The minimum atomic E-state index is -3.21. The average molecular weight is 348 g/mol. The van der Waals surface area contributed by atoms with Crippen LogP contribution in [0.1, 0.15) is 23.2 Å². The van der Waals surface area contributed by atoms with Crippen LogP contribution in [-0.2, 0) is 10.0 Å².